The van der Waals surface area contributed by atoms with Crippen molar-refractivity contribution in [3.05, 3.63) is 46.7 Å². The van der Waals surface area contributed by atoms with Gasteiger partial charge in [-0.2, -0.15) is 0 Å². The molecule has 0 saturated carbocycles. The number of pyridine rings is 1. The first kappa shape index (κ1) is 14.3. The number of hydrogen-bond acceptors (Lipinski definition) is 4. The fourth-order valence-corrected chi connectivity index (χ4v) is 2.14. The normalized spacial score (nSPS) is 10.2. The van der Waals surface area contributed by atoms with Gasteiger partial charge >= 0.3 is 0 Å². The lowest BCUT2D eigenvalue weighted by molar-refractivity contribution is 0.102. The zero-order valence-electron chi connectivity index (χ0n) is 11.2. The average molecular weight is 335 g/mol. The predicted molar refractivity (Wildman–Crippen MR) is 85.1 cm³/mol. The van der Waals surface area contributed by atoms with Gasteiger partial charge in [-0.05, 0) is 40.2 Å². The highest BCUT2D eigenvalue weighted by atomic mass is 79.9. The Balaban J connectivity index is 2.34. The number of rotatable bonds is 3. The highest BCUT2D eigenvalue weighted by Gasteiger charge is 2.14. The number of nitrogens with one attached hydrogen (secondary N) is 1. The SMILES string of the molecule is CN(C)c1ccc(N)cc1C(=O)Nc1ccncc1Br. The van der Waals surface area contributed by atoms with Gasteiger partial charge in [0, 0.05) is 37.9 Å². The third kappa shape index (κ3) is 3.08. The van der Waals surface area contributed by atoms with Crippen LogP contribution in [0.4, 0.5) is 17.1 Å². The molecule has 1 aromatic heterocycles. The maximum Gasteiger partial charge on any atom is 0.257 e. The van der Waals surface area contributed by atoms with Crippen LogP contribution in [0.25, 0.3) is 0 Å². The molecular formula is C14H15BrN4O. The molecule has 2 aromatic rings. The minimum atomic E-state index is -0.215. The Morgan fingerprint density at radius 1 is 1.35 bits per heavy atom. The Morgan fingerprint density at radius 2 is 2.10 bits per heavy atom. The van der Waals surface area contributed by atoms with Crippen molar-refractivity contribution < 1.29 is 4.79 Å². The van der Waals surface area contributed by atoms with Crippen molar-refractivity contribution in [2.24, 2.45) is 0 Å². The fraction of sp³-hybridized carbons (Fsp3) is 0.143. The highest BCUT2D eigenvalue weighted by molar-refractivity contribution is 9.10. The van der Waals surface area contributed by atoms with Gasteiger partial charge in [0.15, 0.2) is 0 Å². The monoisotopic (exact) mass is 334 g/mol. The molecule has 0 fully saturated rings. The lowest BCUT2D eigenvalue weighted by atomic mass is 10.1. The lowest BCUT2D eigenvalue weighted by Gasteiger charge is -2.17. The summed E-state index contributed by atoms with van der Waals surface area (Å²) in [4.78, 5) is 18.2. The van der Waals surface area contributed by atoms with E-state index in [0.29, 0.717) is 16.9 Å². The second-order valence-electron chi connectivity index (χ2n) is 4.48. The first-order valence-corrected chi connectivity index (χ1v) is 6.76. The molecule has 0 spiro atoms. The van der Waals surface area contributed by atoms with Crippen LogP contribution in [0.15, 0.2) is 41.1 Å². The number of benzene rings is 1. The Labute approximate surface area is 125 Å². The number of aromatic nitrogens is 1. The molecule has 1 heterocycles. The van der Waals surface area contributed by atoms with Gasteiger partial charge in [0.05, 0.1) is 15.7 Å². The maximum atomic E-state index is 12.4. The van der Waals surface area contributed by atoms with E-state index in [0.717, 1.165) is 10.2 Å². The first-order valence-electron chi connectivity index (χ1n) is 5.96. The Hall–Kier alpha value is -2.08. The van der Waals surface area contributed by atoms with Gasteiger partial charge < -0.3 is 16.0 Å². The molecule has 0 aliphatic carbocycles. The molecule has 1 aromatic carbocycles. The molecule has 2 rings (SSSR count). The summed E-state index contributed by atoms with van der Waals surface area (Å²) in [6, 6.07) is 6.99. The van der Waals surface area contributed by atoms with Crippen molar-refractivity contribution in [2.75, 3.05) is 30.0 Å². The summed E-state index contributed by atoms with van der Waals surface area (Å²) in [7, 11) is 3.76. The number of anilines is 3. The highest BCUT2D eigenvalue weighted by Crippen LogP contribution is 2.25. The summed E-state index contributed by atoms with van der Waals surface area (Å²) in [5.41, 5.74) is 8.32. The molecule has 5 nitrogen and oxygen atoms in total. The quantitative estimate of drug-likeness (QED) is 0.846. The first-order chi connectivity index (χ1) is 9.49. The molecule has 0 radical (unpaired) electrons. The van der Waals surface area contributed by atoms with Crippen LogP contribution in [0.1, 0.15) is 10.4 Å². The van der Waals surface area contributed by atoms with Crippen molar-refractivity contribution in [1.29, 1.82) is 0 Å². The Kier molecular flexibility index (Phi) is 4.24. The van der Waals surface area contributed by atoms with Gasteiger partial charge in [0.2, 0.25) is 0 Å². The van der Waals surface area contributed by atoms with E-state index in [1.807, 2.05) is 25.1 Å². The van der Waals surface area contributed by atoms with E-state index < -0.39 is 0 Å². The summed E-state index contributed by atoms with van der Waals surface area (Å²) in [6.45, 7) is 0. The molecule has 0 aliphatic rings. The molecule has 104 valence electrons. The minimum Gasteiger partial charge on any atom is -0.399 e. The Morgan fingerprint density at radius 3 is 2.75 bits per heavy atom. The summed E-state index contributed by atoms with van der Waals surface area (Å²) in [5.74, 6) is -0.215. The second kappa shape index (κ2) is 5.92. The van der Waals surface area contributed by atoms with E-state index in [9.17, 15) is 4.79 Å². The van der Waals surface area contributed by atoms with Gasteiger partial charge in [-0.1, -0.05) is 0 Å². The summed E-state index contributed by atoms with van der Waals surface area (Å²) in [6.07, 6.45) is 3.24. The Bertz CT molecular complexity index is 643. The maximum absolute atomic E-state index is 12.4. The van der Waals surface area contributed by atoms with Crippen molar-refractivity contribution in [3.63, 3.8) is 0 Å². The van der Waals surface area contributed by atoms with Gasteiger partial charge in [0.25, 0.3) is 5.91 Å². The molecule has 6 heteroatoms. The fourth-order valence-electron chi connectivity index (χ4n) is 1.79. The summed E-state index contributed by atoms with van der Waals surface area (Å²) >= 11 is 3.35. The van der Waals surface area contributed by atoms with Gasteiger partial charge in [-0.3, -0.25) is 9.78 Å². The number of carbonyl (C=O) groups is 1. The van der Waals surface area contributed by atoms with Crippen molar-refractivity contribution in [3.8, 4) is 0 Å². The number of nitrogens with two attached hydrogens (primary N) is 1. The number of nitrogens with zero attached hydrogens (tertiary/aromatic N) is 2. The molecular weight excluding hydrogens is 320 g/mol. The third-order valence-electron chi connectivity index (χ3n) is 2.77. The topological polar surface area (TPSA) is 71.2 Å². The second-order valence-corrected chi connectivity index (χ2v) is 5.33. The molecule has 0 atom stereocenters. The van der Waals surface area contributed by atoms with Crippen LogP contribution in [-0.4, -0.2) is 25.0 Å². The van der Waals surface area contributed by atoms with Crippen LogP contribution < -0.4 is 16.0 Å². The van der Waals surface area contributed by atoms with E-state index >= 15 is 0 Å². The number of nitrogen functional groups attached to an aromatic ring is 1. The number of hydrogen-bond donors (Lipinski definition) is 2. The molecule has 0 aliphatic heterocycles. The smallest absolute Gasteiger partial charge is 0.257 e. The van der Waals surface area contributed by atoms with Crippen LogP contribution in [0.5, 0.6) is 0 Å². The predicted octanol–water partition coefficient (Wildman–Crippen LogP) is 2.74. The van der Waals surface area contributed by atoms with E-state index in [2.05, 4.69) is 26.2 Å². The van der Waals surface area contributed by atoms with Gasteiger partial charge in [-0.25, -0.2) is 0 Å². The zero-order chi connectivity index (χ0) is 14.7. The molecule has 0 saturated heterocycles. The molecule has 1 amide bonds. The lowest BCUT2D eigenvalue weighted by Crippen LogP contribution is -2.19. The van der Waals surface area contributed by atoms with Crippen LogP contribution in [0.2, 0.25) is 0 Å². The third-order valence-corrected chi connectivity index (χ3v) is 3.40. The van der Waals surface area contributed by atoms with Crippen LogP contribution in [0, 0.1) is 0 Å². The van der Waals surface area contributed by atoms with E-state index in [-0.39, 0.29) is 5.91 Å². The van der Waals surface area contributed by atoms with Crippen molar-refractivity contribution >= 4 is 38.9 Å². The van der Waals surface area contributed by atoms with E-state index in [4.69, 9.17) is 5.73 Å². The van der Waals surface area contributed by atoms with Crippen LogP contribution in [-0.2, 0) is 0 Å². The number of carbonyl (C=O) groups excluding carboxylic acids is 1. The van der Waals surface area contributed by atoms with Gasteiger partial charge in [0.1, 0.15) is 0 Å². The standard InChI is InChI=1S/C14H15BrN4O/c1-19(2)13-4-3-9(16)7-10(13)14(20)18-12-5-6-17-8-11(12)15/h3-8H,16H2,1-2H3,(H,17,18,20). The molecule has 20 heavy (non-hydrogen) atoms. The molecule has 3 N–H and O–H groups in total. The number of amides is 1. The summed E-state index contributed by atoms with van der Waals surface area (Å²) < 4.78 is 0.726. The average Bonchev–Trinajstić information content (AvgIpc) is 2.40. The number of halogens is 1. The van der Waals surface area contributed by atoms with Crippen LogP contribution >= 0.6 is 15.9 Å². The van der Waals surface area contributed by atoms with Crippen LogP contribution in [0.3, 0.4) is 0 Å². The zero-order valence-corrected chi connectivity index (χ0v) is 12.8. The summed E-state index contributed by atoms with van der Waals surface area (Å²) in [5, 5.41) is 2.84. The minimum absolute atomic E-state index is 0.215. The van der Waals surface area contributed by atoms with Gasteiger partial charge in [-0.15, -0.1) is 0 Å². The molecule has 0 unspecified atom stereocenters. The van der Waals surface area contributed by atoms with E-state index in [1.54, 1.807) is 30.6 Å². The van der Waals surface area contributed by atoms with E-state index in [1.165, 1.54) is 0 Å². The largest absolute Gasteiger partial charge is 0.399 e. The molecule has 0 bridgehead atoms. The van der Waals surface area contributed by atoms with Crippen molar-refractivity contribution in [1.82, 2.24) is 4.98 Å². The van der Waals surface area contributed by atoms with Crippen molar-refractivity contribution in [2.45, 2.75) is 0 Å².